The molecule has 0 aromatic rings. The maximum Gasteiger partial charge on any atom is 0.331 e. The molecule has 0 aliphatic heterocycles. The molecular formula is C6H7IO3. The van der Waals surface area contributed by atoms with Gasteiger partial charge in [-0.15, -0.1) is 0 Å². The zero-order valence-corrected chi connectivity index (χ0v) is 7.62. The summed E-state index contributed by atoms with van der Waals surface area (Å²) in [7, 11) is 0. The largest absolute Gasteiger partial charge is 0.463 e. The van der Waals surface area contributed by atoms with Crippen molar-refractivity contribution < 1.29 is 14.3 Å². The Morgan fingerprint density at radius 2 is 2.30 bits per heavy atom. The van der Waals surface area contributed by atoms with E-state index < -0.39 is 5.97 Å². The third kappa shape index (κ3) is 4.49. The summed E-state index contributed by atoms with van der Waals surface area (Å²) >= 11 is 1.75. The first-order chi connectivity index (χ1) is 4.70. The van der Waals surface area contributed by atoms with Gasteiger partial charge in [0.1, 0.15) is 0 Å². The number of allylic oxidation sites excluding steroid dienone is 1. The molecule has 3 nitrogen and oxygen atoms in total. The molecule has 0 rings (SSSR count). The molecule has 56 valence electrons. The van der Waals surface area contributed by atoms with Crippen LogP contribution in [0.5, 0.6) is 0 Å². The van der Waals surface area contributed by atoms with E-state index >= 15 is 0 Å². The minimum atomic E-state index is -0.473. The van der Waals surface area contributed by atoms with Gasteiger partial charge in [0.15, 0.2) is 6.29 Å². The molecule has 0 saturated carbocycles. The normalized spacial score (nSPS) is 10.8. The summed E-state index contributed by atoms with van der Waals surface area (Å²) in [5, 5.41) is 0. The van der Waals surface area contributed by atoms with Crippen LogP contribution in [-0.4, -0.2) is 18.9 Å². The summed E-state index contributed by atoms with van der Waals surface area (Å²) < 4.78 is 4.88. The van der Waals surface area contributed by atoms with Gasteiger partial charge >= 0.3 is 5.97 Å². The third-order valence-electron chi connectivity index (χ3n) is 0.655. The maximum atomic E-state index is 10.6. The van der Waals surface area contributed by atoms with Crippen molar-refractivity contribution in [3.05, 3.63) is 9.66 Å². The van der Waals surface area contributed by atoms with Crippen LogP contribution in [0.1, 0.15) is 6.92 Å². The summed E-state index contributed by atoms with van der Waals surface area (Å²) in [5.74, 6) is -0.473. The first-order valence-corrected chi connectivity index (χ1v) is 3.77. The Kier molecular flexibility index (Phi) is 5.19. The summed E-state index contributed by atoms with van der Waals surface area (Å²) in [6.45, 7) is 2.04. The standard InChI is InChI=1S/C6H7IO3/c1-2-10-6(9)3-5(7)4-8/h3-4H,2H2,1H3/b5-3-. The smallest absolute Gasteiger partial charge is 0.331 e. The van der Waals surface area contributed by atoms with Gasteiger partial charge in [-0.2, -0.15) is 0 Å². The highest BCUT2D eigenvalue weighted by molar-refractivity contribution is 14.1. The Morgan fingerprint density at radius 1 is 1.70 bits per heavy atom. The Hall–Kier alpha value is -0.390. The van der Waals surface area contributed by atoms with Gasteiger partial charge in [-0.1, -0.05) is 0 Å². The lowest BCUT2D eigenvalue weighted by molar-refractivity contribution is -0.137. The molecule has 0 aromatic heterocycles. The molecule has 0 fully saturated rings. The average Bonchev–Trinajstić information content (AvgIpc) is 1.88. The van der Waals surface area contributed by atoms with Crippen LogP contribution >= 0.6 is 22.6 Å². The van der Waals surface area contributed by atoms with Crippen LogP contribution in [0, 0.1) is 0 Å². The molecule has 0 N–H and O–H groups in total. The van der Waals surface area contributed by atoms with Crippen LogP contribution in [0.4, 0.5) is 0 Å². The zero-order valence-electron chi connectivity index (χ0n) is 5.46. The number of carbonyl (C=O) groups is 2. The van der Waals surface area contributed by atoms with Crippen molar-refractivity contribution in [3.8, 4) is 0 Å². The van der Waals surface area contributed by atoms with Crippen molar-refractivity contribution in [2.75, 3.05) is 6.61 Å². The Labute approximate surface area is 72.6 Å². The number of hydrogen-bond acceptors (Lipinski definition) is 3. The molecule has 0 unspecified atom stereocenters. The summed E-state index contributed by atoms with van der Waals surface area (Å²) in [5.41, 5.74) is 0. The lowest BCUT2D eigenvalue weighted by atomic mass is 10.5. The van der Waals surface area contributed by atoms with E-state index in [4.69, 9.17) is 0 Å². The van der Waals surface area contributed by atoms with Crippen molar-refractivity contribution in [1.82, 2.24) is 0 Å². The van der Waals surface area contributed by atoms with Gasteiger partial charge in [-0.3, -0.25) is 4.79 Å². The van der Waals surface area contributed by atoms with E-state index in [-0.39, 0.29) is 0 Å². The Bertz CT molecular complexity index is 162. The fourth-order valence-electron chi connectivity index (χ4n) is 0.331. The second-order valence-corrected chi connectivity index (χ2v) is 2.64. The van der Waals surface area contributed by atoms with Crippen LogP contribution < -0.4 is 0 Å². The minimum absolute atomic E-state index is 0.331. The summed E-state index contributed by atoms with van der Waals surface area (Å²) in [6, 6.07) is 0. The average molecular weight is 254 g/mol. The topological polar surface area (TPSA) is 43.4 Å². The second-order valence-electron chi connectivity index (χ2n) is 1.40. The molecular weight excluding hydrogens is 247 g/mol. The fourth-order valence-corrected chi connectivity index (χ4v) is 0.585. The molecule has 0 saturated heterocycles. The van der Waals surface area contributed by atoms with Crippen molar-refractivity contribution in [2.45, 2.75) is 6.92 Å². The fraction of sp³-hybridized carbons (Fsp3) is 0.333. The first-order valence-electron chi connectivity index (χ1n) is 2.69. The quantitative estimate of drug-likeness (QED) is 0.327. The van der Waals surface area contributed by atoms with Gasteiger partial charge in [0, 0.05) is 6.08 Å². The number of aldehydes is 1. The molecule has 0 aliphatic rings. The van der Waals surface area contributed by atoms with Crippen LogP contribution in [0.3, 0.4) is 0 Å². The molecule has 0 aromatic carbocycles. The molecule has 0 bridgehead atoms. The van der Waals surface area contributed by atoms with Gasteiger partial charge < -0.3 is 4.74 Å². The number of rotatable bonds is 3. The van der Waals surface area contributed by atoms with E-state index in [2.05, 4.69) is 4.74 Å². The van der Waals surface area contributed by atoms with Crippen molar-refractivity contribution >= 4 is 34.8 Å². The highest BCUT2D eigenvalue weighted by Crippen LogP contribution is 2.00. The Balaban J connectivity index is 3.86. The van der Waals surface area contributed by atoms with Crippen molar-refractivity contribution in [3.63, 3.8) is 0 Å². The number of ether oxygens (including phenoxy) is 1. The summed E-state index contributed by atoms with van der Waals surface area (Å²) in [4.78, 5) is 20.5. The van der Waals surface area contributed by atoms with E-state index in [1.165, 1.54) is 0 Å². The lowest BCUT2D eigenvalue weighted by Crippen LogP contribution is -1.99. The molecule has 0 atom stereocenters. The highest BCUT2D eigenvalue weighted by Gasteiger charge is 1.96. The van der Waals surface area contributed by atoms with E-state index in [0.717, 1.165) is 6.08 Å². The lowest BCUT2D eigenvalue weighted by Gasteiger charge is -1.93. The zero-order chi connectivity index (χ0) is 7.98. The Morgan fingerprint density at radius 3 is 2.70 bits per heavy atom. The van der Waals surface area contributed by atoms with Crippen LogP contribution in [-0.2, 0) is 14.3 Å². The second kappa shape index (κ2) is 5.40. The molecule has 0 spiro atoms. The predicted molar refractivity (Wildman–Crippen MR) is 44.8 cm³/mol. The van der Waals surface area contributed by atoms with Gasteiger partial charge in [-0.25, -0.2) is 4.79 Å². The number of hydrogen-bond donors (Lipinski definition) is 0. The van der Waals surface area contributed by atoms with E-state index in [1.54, 1.807) is 29.5 Å². The highest BCUT2D eigenvalue weighted by atomic mass is 127. The van der Waals surface area contributed by atoms with E-state index in [0.29, 0.717) is 16.5 Å². The predicted octanol–water partition coefficient (Wildman–Crippen LogP) is 1.07. The minimum Gasteiger partial charge on any atom is -0.463 e. The van der Waals surface area contributed by atoms with Gasteiger partial charge in [0.2, 0.25) is 0 Å². The summed E-state index contributed by atoms with van der Waals surface area (Å²) in [6.07, 6.45) is 1.74. The molecule has 4 heteroatoms. The van der Waals surface area contributed by atoms with Gasteiger partial charge in [0.25, 0.3) is 0 Å². The molecule has 10 heavy (non-hydrogen) atoms. The van der Waals surface area contributed by atoms with Gasteiger partial charge in [0.05, 0.1) is 10.2 Å². The van der Waals surface area contributed by atoms with Crippen LogP contribution in [0.15, 0.2) is 9.66 Å². The van der Waals surface area contributed by atoms with Crippen molar-refractivity contribution in [1.29, 1.82) is 0 Å². The monoisotopic (exact) mass is 254 g/mol. The maximum absolute atomic E-state index is 10.6. The van der Waals surface area contributed by atoms with Crippen molar-refractivity contribution in [2.24, 2.45) is 0 Å². The van der Waals surface area contributed by atoms with E-state index in [1.807, 2.05) is 0 Å². The molecule has 0 radical (unpaired) electrons. The molecule has 0 heterocycles. The number of carbonyl (C=O) groups excluding carboxylic acids is 2. The molecule has 0 amide bonds. The van der Waals surface area contributed by atoms with E-state index in [9.17, 15) is 9.59 Å². The molecule has 0 aliphatic carbocycles. The van der Waals surface area contributed by atoms with Gasteiger partial charge in [-0.05, 0) is 29.5 Å². The SMILES string of the molecule is CCOC(=O)/C=C(\I)C=O. The first kappa shape index (κ1) is 9.61. The van der Waals surface area contributed by atoms with Crippen LogP contribution in [0.25, 0.3) is 0 Å². The number of esters is 1. The number of halogens is 1. The third-order valence-corrected chi connectivity index (χ3v) is 1.22. The van der Waals surface area contributed by atoms with Crippen LogP contribution in [0.2, 0.25) is 0 Å².